The number of H-pyrrole nitrogens is 1. The van der Waals surface area contributed by atoms with Crippen molar-refractivity contribution in [3.8, 4) is 11.3 Å². The van der Waals surface area contributed by atoms with Gasteiger partial charge in [-0.3, -0.25) is 5.10 Å². The predicted molar refractivity (Wildman–Crippen MR) is 134 cm³/mol. The van der Waals surface area contributed by atoms with E-state index in [2.05, 4.69) is 25.8 Å². The summed E-state index contributed by atoms with van der Waals surface area (Å²) < 4.78 is 26.7. The molecule has 1 aliphatic rings. The van der Waals surface area contributed by atoms with Gasteiger partial charge in [0, 0.05) is 18.2 Å². The zero-order chi connectivity index (χ0) is 23.4. The Kier molecular flexibility index (Phi) is 6.31. The number of nitrogens with zero attached hydrogens (tertiary/aromatic N) is 2. The molecule has 2 aromatic heterocycles. The Hall–Kier alpha value is -3.65. The molecule has 8 heteroatoms. The van der Waals surface area contributed by atoms with Crippen LogP contribution in [0.4, 0.5) is 17.5 Å². The molecular weight excluding hydrogens is 446 g/mol. The molecule has 0 atom stereocenters. The van der Waals surface area contributed by atoms with Crippen LogP contribution in [-0.2, 0) is 9.84 Å². The third kappa shape index (κ3) is 4.97. The van der Waals surface area contributed by atoms with Gasteiger partial charge in [0.25, 0.3) is 0 Å². The summed E-state index contributed by atoms with van der Waals surface area (Å²) >= 11 is 0. The van der Waals surface area contributed by atoms with E-state index in [0.29, 0.717) is 23.5 Å². The maximum Gasteiger partial charge on any atom is 0.206 e. The molecule has 0 bridgehead atoms. The van der Waals surface area contributed by atoms with Crippen molar-refractivity contribution in [1.29, 1.82) is 0 Å². The molecule has 0 saturated heterocycles. The lowest BCUT2D eigenvalue weighted by Crippen LogP contribution is -2.23. The first kappa shape index (κ1) is 22.2. The first-order valence-electron chi connectivity index (χ1n) is 11.5. The number of benzene rings is 2. The maximum absolute atomic E-state index is 13.4. The molecule has 0 aliphatic heterocycles. The van der Waals surface area contributed by atoms with Gasteiger partial charge in [0.05, 0.1) is 15.5 Å². The summed E-state index contributed by atoms with van der Waals surface area (Å²) in [4.78, 5) is 5.11. The topological polar surface area (TPSA) is 99.8 Å². The average Bonchev–Trinajstić information content (AvgIpc) is 3.34. The summed E-state index contributed by atoms with van der Waals surface area (Å²) in [6, 6.07) is 23.7. The second-order valence-corrected chi connectivity index (χ2v) is 10.5. The van der Waals surface area contributed by atoms with Crippen LogP contribution in [0, 0.1) is 0 Å². The van der Waals surface area contributed by atoms with Gasteiger partial charge in [-0.05, 0) is 36.6 Å². The molecule has 1 saturated carbocycles. The second kappa shape index (κ2) is 9.69. The molecule has 4 aromatic rings. The zero-order valence-electron chi connectivity index (χ0n) is 18.7. The van der Waals surface area contributed by atoms with Crippen molar-refractivity contribution in [2.24, 2.45) is 0 Å². The molecule has 34 heavy (non-hydrogen) atoms. The van der Waals surface area contributed by atoms with Crippen LogP contribution in [0.5, 0.6) is 0 Å². The first-order valence-corrected chi connectivity index (χ1v) is 13.0. The van der Waals surface area contributed by atoms with E-state index in [1.807, 2.05) is 36.4 Å². The standard InChI is InChI=1S/C26H27N5O2S/c32-34(33,21-14-8-3-9-15-21)22-16-24(27-20-12-6-2-7-13-20)28-25(17-22)29-26-18-23(30-31-26)19-10-4-1-5-11-19/h1,3-5,8-11,14-18,20H,2,6-7,12-13H2,(H3,27,28,29,30,31). The Balaban J connectivity index is 1.48. The molecule has 2 aromatic carbocycles. The van der Waals surface area contributed by atoms with Gasteiger partial charge < -0.3 is 10.6 Å². The lowest BCUT2D eigenvalue weighted by molar-refractivity contribution is 0.462. The van der Waals surface area contributed by atoms with E-state index in [1.54, 1.807) is 42.5 Å². The minimum atomic E-state index is -3.70. The summed E-state index contributed by atoms with van der Waals surface area (Å²) in [5.74, 6) is 1.52. The van der Waals surface area contributed by atoms with E-state index in [0.717, 1.165) is 24.1 Å². The summed E-state index contributed by atoms with van der Waals surface area (Å²) in [6.07, 6.45) is 5.68. The number of sulfone groups is 1. The van der Waals surface area contributed by atoms with Crippen LogP contribution in [0.1, 0.15) is 32.1 Å². The van der Waals surface area contributed by atoms with Crippen molar-refractivity contribution in [3.63, 3.8) is 0 Å². The average molecular weight is 474 g/mol. The molecule has 3 N–H and O–H groups in total. The van der Waals surface area contributed by atoms with Crippen molar-refractivity contribution in [1.82, 2.24) is 15.2 Å². The van der Waals surface area contributed by atoms with Crippen molar-refractivity contribution in [2.75, 3.05) is 10.6 Å². The van der Waals surface area contributed by atoms with Crippen LogP contribution < -0.4 is 10.6 Å². The fourth-order valence-corrected chi connectivity index (χ4v) is 5.59. The highest BCUT2D eigenvalue weighted by molar-refractivity contribution is 7.91. The van der Waals surface area contributed by atoms with Gasteiger partial charge in [-0.25, -0.2) is 13.4 Å². The van der Waals surface area contributed by atoms with Crippen molar-refractivity contribution < 1.29 is 8.42 Å². The van der Waals surface area contributed by atoms with Gasteiger partial charge >= 0.3 is 0 Å². The monoisotopic (exact) mass is 473 g/mol. The predicted octanol–water partition coefficient (Wildman–Crippen LogP) is 5.79. The van der Waals surface area contributed by atoms with Crippen LogP contribution in [0.15, 0.2) is 88.7 Å². The Bertz CT molecular complexity index is 1350. The molecule has 0 amide bonds. The second-order valence-electron chi connectivity index (χ2n) is 8.53. The van der Waals surface area contributed by atoms with Crippen LogP contribution in [0.3, 0.4) is 0 Å². The number of aromatic amines is 1. The molecule has 1 fully saturated rings. The van der Waals surface area contributed by atoms with Gasteiger partial charge in [0.15, 0.2) is 5.82 Å². The highest BCUT2D eigenvalue weighted by Crippen LogP contribution is 2.29. The van der Waals surface area contributed by atoms with Crippen LogP contribution >= 0.6 is 0 Å². The number of hydrogen-bond donors (Lipinski definition) is 3. The minimum absolute atomic E-state index is 0.188. The van der Waals surface area contributed by atoms with Crippen LogP contribution in [-0.4, -0.2) is 29.6 Å². The number of rotatable bonds is 7. The van der Waals surface area contributed by atoms with Crippen molar-refractivity contribution in [3.05, 3.63) is 78.9 Å². The Labute approximate surface area is 199 Å². The highest BCUT2D eigenvalue weighted by Gasteiger charge is 2.21. The van der Waals surface area contributed by atoms with Gasteiger partial charge in [0.1, 0.15) is 11.6 Å². The first-order chi connectivity index (χ1) is 16.6. The minimum Gasteiger partial charge on any atom is -0.367 e. The van der Waals surface area contributed by atoms with Crippen LogP contribution in [0.2, 0.25) is 0 Å². The zero-order valence-corrected chi connectivity index (χ0v) is 19.6. The van der Waals surface area contributed by atoms with Crippen molar-refractivity contribution >= 4 is 27.3 Å². The SMILES string of the molecule is O=S(=O)(c1ccccc1)c1cc(Nc2cc(-c3ccccc3)[nH]n2)nc(NC2CCCCC2)c1. The number of aromatic nitrogens is 3. The Morgan fingerprint density at radius 3 is 2.18 bits per heavy atom. The lowest BCUT2D eigenvalue weighted by Gasteiger charge is -2.23. The Morgan fingerprint density at radius 2 is 1.44 bits per heavy atom. The molecule has 2 heterocycles. The smallest absolute Gasteiger partial charge is 0.206 e. The van der Waals surface area contributed by atoms with E-state index in [-0.39, 0.29) is 9.79 Å². The molecule has 7 nitrogen and oxygen atoms in total. The third-order valence-electron chi connectivity index (χ3n) is 6.04. The van der Waals surface area contributed by atoms with Gasteiger partial charge in [0.2, 0.25) is 9.84 Å². The van der Waals surface area contributed by atoms with E-state index >= 15 is 0 Å². The molecule has 0 unspecified atom stereocenters. The molecule has 1 aliphatic carbocycles. The summed E-state index contributed by atoms with van der Waals surface area (Å²) in [5, 5.41) is 14.0. The largest absolute Gasteiger partial charge is 0.367 e. The van der Waals surface area contributed by atoms with Crippen molar-refractivity contribution in [2.45, 2.75) is 47.9 Å². The quantitative estimate of drug-likeness (QED) is 0.314. The molecular formula is C26H27N5O2S. The molecule has 5 rings (SSSR count). The van der Waals surface area contributed by atoms with E-state index in [1.165, 1.54) is 19.3 Å². The third-order valence-corrected chi connectivity index (χ3v) is 7.79. The summed E-state index contributed by atoms with van der Waals surface area (Å²) in [5.41, 5.74) is 1.87. The van der Waals surface area contributed by atoms with Gasteiger partial charge in [-0.1, -0.05) is 67.8 Å². The number of nitrogens with one attached hydrogen (secondary N) is 3. The van der Waals surface area contributed by atoms with E-state index in [9.17, 15) is 8.42 Å². The molecule has 0 radical (unpaired) electrons. The lowest BCUT2D eigenvalue weighted by atomic mass is 9.95. The fourth-order valence-electron chi connectivity index (χ4n) is 4.27. The number of hydrogen-bond acceptors (Lipinski definition) is 6. The number of anilines is 3. The Morgan fingerprint density at radius 1 is 0.765 bits per heavy atom. The summed E-state index contributed by atoms with van der Waals surface area (Å²) in [7, 11) is -3.70. The van der Waals surface area contributed by atoms with Gasteiger partial charge in [-0.15, -0.1) is 0 Å². The van der Waals surface area contributed by atoms with Gasteiger partial charge in [-0.2, -0.15) is 5.10 Å². The van der Waals surface area contributed by atoms with E-state index in [4.69, 9.17) is 0 Å². The maximum atomic E-state index is 13.4. The molecule has 174 valence electrons. The van der Waals surface area contributed by atoms with E-state index < -0.39 is 9.84 Å². The fraction of sp³-hybridized carbons (Fsp3) is 0.231. The summed E-state index contributed by atoms with van der Waals surface area (Å²) in [6.45, 7) is 0. The highest BCUT2D eigenvalue weighted by atomic mass is 32.2. The number of pyridine rings is 1. The molecule has 0 spiro atoms. The van der Waals surface area contributed by atoms with Crippen LogP contribution in [0.25, 0.3) is 11.3 Å². The normalized spacial score (nSPS) is 14.6.